The van der Waals surface area contributed by atoms with Gasteiger partial charge in [-0.05, 0) is 31.5 Å². The van der Waals surface area contributed by atoms with E-state index in [0.717, 1.165) is 36.6 Å². The van der Waals surface area contributed by atoms with Crippen molar-refractivity contribution in [2.24, 2.45) is 0 Å². The molecule has 1 fully saturated rings. The Labute approximate surface area is 138 Å². The van der Waals surface area contributed by atoms with Gasteiger partial charge < -0.3 is 10.6 Å². The summed E-state index contributed by atoms with van der Waals surface area (Å²) in [6, 6.07) is 8.50. The number of nitrogens with zero attached hydrogens (tertiary/aromatic N) is 1. The summed E-state index contributed by atoms with van der Waals surface area (Å²) in [7, 11) is 0. The molecule has 1 saturated heterocycles. The number of rotatable bonds is 5. The number of thioether (sulfide) groups is 1. The van der Waals surface area contributed by atoms with E-state index in [1.807, 2.05) is 28.8 Å². The number of hydrogen-bond donors (Lipinski definition) is 2. The van der Waals surface area contributed by atoms with Gasteiger partial charge in [0.1, 0.15) is 0 Å². The van der Waals surface area contributed by atoms with Crippen molar-refractivity contribution >= 4 is 29.2 Å². The molecule has 2 amide bonds. The van der Waals surface area contributed by atoms with E-state index < -0.39 is 0 Å². The van der Waals surface area contributed by atoms with Crippen LogP contribution in [0.3, 0.4) is 0 Å². The maximum atomic E-state index is 11.9. The van der Waals surface area contributed by atoms with Crippen molar-refractivity contribution in [2.45, 2.75) is 44.9 Å². The van der Waals surface area contributed by atoms with Gasteiger partial charge in [-0.3, -0.25) is 4.90 Å². The zero-order valence-electron chi connectivity index (χ0n) is 14.0. The number of nitrogens with one attached hydrogen (secondary N) is 2. The molecule has 1 heterocycles. The molecule has 1 aromatic rings. The van der Waals surface area contributed by atoms with E-state index in [1.54, 1.807) is 0 Å². The van der Waals surface area contributed by atoms with Crippen LogP contribution in [0.25, 0.3) is 0 Å². The summed E-state index contributed by atoms with van der Waals surface area (Å²) in [5, 5.41) is 6.42. The molecule has 22 heavy (non-hydrogen) atoms. The summed E-state index contributed by atoms with van der Waals surface area (Å²) in [5.41, 5.74) is 2.02. The van der Waals surface area contributed by atoms with Crippen molar-refractivity contribution in [3.8, 4) is 0 Å². The fourth-order valence-corrected chi connectivity index (χ4v) is 3.17. The van der Waals surface area contributed by atoms with Crippen molar-refractivity contribution in [2.75, 3.05) is 29.1 Å². The molecule has 122 valence electrons. The van der Waals surface area contributed by atoms with Crippen molar-refractivity contribution in [1.82, 2.24) is 5.32 Å². The second kappa shape index (κ2) is 7.27. The lowest BCUT2D eigenvalue weighted by molar-refractivity contribution is 0.243. The lowest BCUT2D eigenvalue weighted by atomic mass is 10.2. The van der Waals surface area contributed by atoms with Crippen LogP contribution in [0.4, 0.5) is 16.2 Å². The normalized spacial score (nSPS) is 17.1. The molecule has 0 aromatic heterocycles. The number of amides is 2. The second-order valence-electron chi connectivity index (χ2n) is 6.76. The third kappa shape index (κ3) is 5.13. The van der Waals surface area contributed by atoms with Crippen molar-refractivity contribution in [3.63, 3.8) is 0 Å². The summed E-state index contributed by atoms with van der Waals surface area (Å²) in [4.78, 5) is 13.7. The van der Waals surface area contributed by atoms with Gasteiger partial charge in [-0.25, -0.2) is 4.79 Å². The summed E-state index contributed by atoms with van der Waals surface area (Å²) in [5.74, 6) is 1.05. The van der Waals surface area contributed by atoms with E-state index in [0.29, 0.717) is 6.04 Å². The van der Waals surface area contributed by atoms with Gasteiger partial charge in [-0.1, -0.05) is 26.8 Å². The number of benzene rings is 1. The van der Waals surface area contributed by atoms with Crippen LogP contribution in [0, 0.1) is 0 Å². The van der Waals surface area contributed by atoms with Gasteiger partial charge in [0, 0.05) is 41.0 Å². The Morgan fingerprint density at radius 2 is 2.18 bits per heavy atom. The molecule has 2 rings (SSSR count). The predicted molar refractivity (Wildman–Crippen MR) is 97.1 cm³/mol. The molecule has 1 aliphatic rings. The van der Waals surface area contributed by atoms with Crippen LogP contribution in [-0.2, 0) is 0 Å². The van der Waals surface area contributed by atoms with Crippen molar-refractivity contribution in [1.29, 1.82) is 0 Å². The standard InChI is InChI=1S/C17H27N3OS/c1-13(12-22-17(2,3)4)19-14-7-5-8-15(11-14)20-10-6-9-18-16(20)21/h5,7-8,11,13,19H,6,9-10,12H2,1-4H3,(H,18,21). The summed E-state index contributed by atoms with van der Waals surface area (Å²) < 4.78 is 0.281. The maximum absolute atomic E-state index is 11.9. The molecule has 0 saturated carbocycles. The van der Waals surface area contributed by atoms with Gasteiger partial charge in [-0.15, -0.1) is 0 Å². The Bertz CT molecular complexity index is 513. The number of carbonyl (C=O) groups is 1. The molecular formula is C17H27N3OS. The molecule has 0 bridgehead atoms. The van der Waals surface area contributed by atoms with Gasteiger partial charge in [0.15, 0.2) is 0 Å². The molecule has 5 heteroatoms. The van der Waals surface area contributed by atoms with Gasteiger partial charge in [0.2, 0.25) is 0 Å². The molecule has 0 aliphatic carbocycles. The van der Waals surface area contributed by atoms with Crippen LogP contribution in [-0.4, -0.2) is 35.7 Å². The van der Waals surface area contributed by atoms with E-state index in [1.165, 1.54) is 0 Å². The van der Waals surface area contributed by atoms with Gasteiger partial charge in [0.05, 0.1) is 0 Å². The lowest BCUT2D eigenvalue weighted by Crippen LogP contribution is -2.46. The fourth-order valence-electron chi connectivity index (χ4n) is 2.34. The zero-order chi connectivity index (χ0) is 16.2. The van der Waals surface area contributed by atoms with Gasteiger partial charge in [0.25, 0.3) is 0 Å². The van der Waals surface area contributed by atoms with Crippen LogP contribution in [0.5, 0.6) is 0 Å². The maximum Gasteiger partial charge on any atom is 0.321 e. The Hall–Kier alpha value is -1.36. The molecule has 0 spiro atoms. The van der Waals surface area contributed by atoms with Crippen molar-refractivity contribution in [3.05, 3.63) is 24.3 Å². The lowest BCUT2D eigenvalue weighted by Gasteiger charge is -2.28. The van der Waals surface area contributed by atoms with Gasteiger partial charge in [-0.2, -0.15) is 11.8 Å². The van der Waals surface area contributed by atoms with E-state index in [-0.39, 0.29) is 10.8 Å². The van der Waals surface area contributed by atoms with Crippen molar-refractivity contribution < 1.29 is 4.79 Å². The Balaban J connectivity index is 1.97. The van der Waals surface area contributed by atoms with Crippen LogP contribution < -0.4 is 15.5 Å². The third-order valence-electron chi connectivity index (χ3n) is 3.42. The average molecular weight is 321 g/mol. The van der Waals surface area contributed by atoms with E-state index in [4.69, 9.17) is 0 Å². The third-order valence-corrected chi connectivity index (χ3v) is 4.95. The smallest absolute Gasteiger partial charge is 0.321 e. The Kier molecular flexibility index (Phi) is 5.62. The monoisotopic (exact) mass is 321 g/mol. The van der Waals surface area contributed by atoms with Crippen LogP contribution in [0.2, 0.25) is 0 Å². The molecule has 0 radical (unpaired) electrons. The minimum absolute atomic E-state index is 0.000244. The fraction of sp³-hybridized carbons (Fsp3) is 0.588. The first-order valence-electron chi connectivity index (χ1n) is 7.91. The largest absolute Gasteiger partial charge is 0.382 e. The minimum Gasteiger partial charge on any atom is -0.382 e. The highest BCUT2D eigenvalue weighted by molar-refractivity contribution is 8.00. The Morgan fingerprint density at radius 3 is 2.86 bits per heavy atom. The van der Waals surface area contributed by atoms with E-state index in [9.17, 15) is 4.79 Å². The molecule has 2 N–H and O–H groups in total. The van der Waals surface area contributed by atoms with Crippen LogP contribution in [0.15, 0.2) is 24.3 Å². The molecule has 4 nitrogen and oxygen atoms in total. The highest BCUT2D eigenvalue weighted by Crippen LogP contribution is 2.26. The average Bonchev–Trinajstić information content (AvgIpc) is 2.45. The van der Waals surface area contributed by atoms with Crippen LogP contribution >= 0.6 is 11.8 Å². The quantitative estimate of drug-likeness (QED) is 0.863. The number of anilines is 2. The zero-order valence-corrected chi connectivity index (χ0v) is 14.8. The molecule has 1 aromatic carbocycles. The second-order valence-corrected chi connectivity index (χ2v) is 8.60. The molecule has 1 unspecified atom stereocenters. The topological polar surface area (TPSA) is 44.4 Å². The summed E-state index contributed by atoms with van der Waals surface area (Å²) in [6.07, 6.45) is 0.988. The molecule has 1 aliphatic heterocycles. The number of carbonyl (C=O) groups excluding carboxylic acids is 1. The van der Waals surface area contributed by atoms with E-state index in [2.05, 4.69) is 50.5 Å². The number of hydrogen-bond acceptors (Lipinski definition) is 3. The first-order valence-corrected chi connectivity index (χ1v) is 8.90. The highest BCUT2D eigenvalue weighted by atomic mass is 32.2. The molecular weight excluding hydrogens is 294 g/mol. The van der Waals surface area contributed by atoms with E-state index >= 15 is 0 Å². The van der Waals surface area contributed by atoms with Gasteiger partial charge >= 0.3 is 6.03 Å². The first kappa shape index (κ1) is 17.0. The minimum atomic E-state index is -0.000244. The number of urea groups is 1. The van der Waals surface area contributed by atoms with Crippen LogP contribution in [0.1, 0.15) is 34.1 Å². The summed E-state index contributed by atoms with van der Waals surface area (Å²) in [6.45, 7) is 10.5. The Morgan fingerprint density at radius 1 is 1.41 bits per heavy atom. The highest BCUT2D eigenvalue weighted by Gasteiger charge is 2.19. The predicted octanol–water partition coefficient (Wildman–Crippen LogP) is 3.94. The summed E-state index contributed by atoms with van der Waals surface area (Å²) >= 11 is 1.96. The molecule has 1 atom stereocenters. The first-order chi connectivity index (χ1) is 10.3. The SMILES string of the molecule is CC(CSC(C)(C)C)Nc1cccc(N2CCCNC2=O)c1.